The van der Waals surface area contributed by atoms with Crippen molar-refractivity contribution in [3.63, 3.8) is 0 Å². The van der Waals surface area contributed by atoms with Crippen LogP contribution in [0, 0.1) is 19.8 Å². The molecule has 30 heavy (non-hydrogen) atoms. The monoisotopic (exact) mass is 405 g/mol. The van der Waals surface area contributed by atoms with Gasteiger partial charge in [0.15, 0.2) is 0 Å². The summed E-state index contributed by atoms with van der Waals surface area (Å²) < 4.78 is 8.30. The van der Waals surface area contributed by atoms with Crippen LogP contribution in [-0.2, 0) is 17.8 Å². The fraction of sp³-hybridized carbons (Fsp3) is 0.440. The highest BCUT2D eigenvalue weighted by atomic mass is 16.5. The zero-order valence-corrected chi connectivity index (χ0v) is 18.0. The molecule has 0 saturated heterocycles. The number of fused-ring (bicyclic) bond motifs is 1. The number of aromatic nitrogens is 2. The van der Waals surface area contributed by atoms with Gasteiger partial charge in [-0.15, -0.1) is 0 Å². The summed E-state index contributed by atoms with van der Waals surface area (Å²) >= 11 is 0. The molecule has 1 aromatic heterocycles. The minimum absolute atomic E-state index is 0.196. The van der Waals surface area contributed by atoms with Crippen molar-refractivity contribution in [2.75, 3.05) is 13.2 Å². The number of aryl methyl sites for hydroxylation is 2. The third-order valence-electron chi connectivity index (χ3n) is 5.92. The molecule has 3 aromatic rings. The molecule has 0 spiro atoms. The first kappa shape index (κ1) is 20.5. The average Bonchev–Trinajstić information content (AvgIpc) is 3.54. The number of nitrogens with one attached hydrogen (secondary N) is 1. The van der Waals surface area contributed by atoms with Crippen molar-refractivity contribution in [1.82, 2.24) is 14.9 Å². The van der Waals surface area contributed by atoms with E-state index in [0.717, 1.165) is 61.3 Å². The minimum Gasteiger partial charge on any atom is -0.493 e. The number of carbonyl (C=O) groups is 1. The van der Waals surface area contributed by atoms with Crippen LogP contribution in [0.25, 0.3) is 11.0 Å². The van der Waals surface area contributed by atoms with Crippen LogP contribution in [-0.4, -0.2) is 28.6 Å². The lowest BCUT2D eigenvalue weighted by atomic mass is 10.1. The van der Waals surface area contributed by atoms with Crippen molar-refractivity contribution in [2.24, 2.45) is 5.92 Å². The first-order valence-corrected chi connectivity index (χ1v) is 11.0. The Morgan fingerprint density at radius 1 is 1.13 bits per heavy atom. The topological polar surface area (TPSA) is 56.1 Å². The summed E-state index contributed by atoms with van der Waals surface area (Å²) in [6.07, 6.45) is 4.83. The Morgan fingerprint density at radius 3 is 2.80 bits per heavy atom. The van der Waals surface area contributed by atoms with Crippen LogP contribution in [0.15, 0.2) is 42.5 Å². The van der Waals surface area contributed by atoms with Gasteiger partial charge in [0.2, 0.25) is 5.91 Å². The number of hydrogen-bond donors (Lipinski definition) is 1. The summed E-state index contributed by atoms with van der Waals surface area (Å²) in [6.45, 7) is 6.48. The smallest absolute Gasteiger partial charge is 0.223 e. The Bertz CT molecular complexity index is 1020. The quantitative estimate of drug-likeness (QED) is 0.502. The molecule has 1 aliphatic carbocycles. The van der Waals surface area contributed by atoms with E-state index in [4.69, 9.17) is 9.72 Å². The number of benzene rings is 2. The first-order valence-electron chi connectivity index (χ1n) is 11.0. The maximum absolute atomic E-state index is 11.9. The van der Waals surface area contributed by atoms with E-state index in [1.165, 1.54) is 11.1 Å². The Labute approximate surface area is 178 Å². The summed E-state index contributed by atoms with van der Waals surface area (Å²) in [7, 11) is 0. The zero-order chi connectivity index (χ0) is 20.9. The summed E-state index contributed by atoms with van der Waals surface area (Å²) in [5.41, 5.74) is 4.66. The molecule has 2 aromatic carbocycles. The van der Waals surface area contributed by atoms with E-state index in [9.17, 15) is 4.79 Å². The Kier molecular flexibility index (Phi) is 6.36. The fourth-order valence-corrected chi connectivity index (χ4v) is 3.79. The molecule has 0 radical (unpaired) electrons. The molecular weight excluding hydrogens is 374 g/mol. The molecule has 5 heteroatoms. The number of para-hydroxylation sites is 2. The first-order chi connectivity index (χ1) is 14.6. The number of rotatable bonds is 10. The third-order valence-corrected chi connectivity index (χ3v) is 5.92. The van der Waals surface area contributed by atoms with Crippen LogP contribution in [0.5, 0.6) is 5.75 Å². The number of hydrogen-bond acceptors (Lipinski definition) is 3. The molecule has 1 heterocycles. The van der Waals surface area contributed by atoms with E-state index in [2.05, 4.69) is 48.0 Å². The second-order valence-electron chi connectivity index (χ2n) is 8.24. The normalized spacial score (nSPS) is 13.5. The molecular formula is C25H31N3O2. The number of imidazole rings is 1. The number of unbranched alkanes of at least 4 members (excludes halogenated alkanes) is 1. The van der Waals surface area contributed by atoms with Crippen molar-refractivity contribution in [3.8, 4) is 5.75 Å². The van der Waals surface area contributed by atoms with Gasteiger partial charge in [0.05, 0.1) is 17.6 Å². The summed E-state index contributed by atoms with van der Waals surface area (Å²) in [4.78, 5) is 16.7. The number of ether oxygens (including phenoxy) is 1. The van der Waals surface area contributed by atoms with Crippen molar-refractivity contribution in [1.29, 1.82) is 0 Å². The molecule has 0 unspecified atom stereocenters. The highest BCUT2D eigenvalue weighted by molar-refractivity contribution is 5.80. The summed E-state index contributed by atoms with van der Waals surface area (Å²) in [6, 6.07) is 14.5. The van der Waals surface area contributed by atoms with E-state index < -0.39 is 0 Å². The third kappa shape index (κ3) is 4.84. The molecule has 0 atom stereocenters. The van der Waals surface area contributed by atoms with Gasteiger partial charge in [-0.1, -0.05) is 24.3 Å². The van der Waals surface area contributed by atoms with E-state index in [1.54, 1.807) is 0 Å². The lowest BCUT2D eigenvalue weighted by Gasteiger charge is -2.12. The summed E-state index contributed by atoms with van der Waals surface area (Å²) in [5, 5.41) is 3.06. The predicted molar refractivity (Wildman–Crippen MR) is 120 cm³/mol. The molecule has 0 bridgehead atoms. The highest BCUT2D eigenvalue weighted by Crippen LogP contribution is 2.28. The zero-order valence-electron chi connectivity index (χ0n) is 18.0. The lowest BCUT2D eigenvalue weighted by molar-refractivity contribution is -0.122. The van der Waals surface area contributed by atoms with Gasteiger partial charge in [-0.25, -0.2) is 4.98 Å². The molecule has 1 N–H and O–H groups in total. The number of nitrogens with zero attached hydrogens (tertiary/aromatic N) is 2. The largest absolute Gasteiger partial charge is 0.493 e. The van der Waals surface area contributed by atoms with E-state index >= 15 is 0 Å². The van der Waals surface area contributed by atoms with E-state index in [1.807, 2.05) is 18.2 Å². The fourth-order valence-electron chi connectivity index (χ4n) is 3.79. The van der Waals surface area contributed by atoms with Gasteiger partial charge in [0.25, 0.3) is 0 Å². The van der Waals surface area contributed by atoms with Crippen molar-refractivity contribution in [3.05, 3.63) is 59.4 Å². The van der Waals surface area contributed by atoms with Gasteiger partial charge in [-0.2, -0.15) is 0 Å². The highest BCUT2D eigenvalue weighted by Gasteiger charge is 2.29. The molecule has 5 nitrogen and oxygen atoms in total. The van der Waals surface area contributed by atoms with Crippen LogP contribution in [0.4, 0.5) is 0 Å². The Morgan fingerprint density at radius 2 is 1.97 bits per heavy atom. The second kappa shape index (κ2) is 9.33. The molecule has 1 fully saturated rings. The number of carbonyl (C=O) groups excluding carboxylic acids is 1. The Hall–Kier alpha value is -2.82. The van der Waals surface area contributed by atoms with Crippen LogP contribution < -0.4 is 10.1 Å². The predicted octanol–water partition coefficient (Wildman–Crippen LogP) is 4.58. The van der Waals surface area contributed by atoms with Gasteiger partial charge in [0, 0.05) is 25.4 Å². The van der Waals surface area contributed by atoms with Crippen LogP contribution in [0.2, 0.25) is 0 Å². The van der Waals surface area contributed by atoms with Gasteiger partial charge in [0.1, 0.15) is 11.6 Å². The molecule has 158 valence electrons. The average molecular weight is 406 g/mol. The van der Waals surface area contributed by atoms with Gasteiger partial charge in [-0.05, 0) is 68.9 Å². The minimum atomic E-state index is 0.196. The molecule has 4 rings (SSSR count). The maximum atomic E-state index is 11.9. The number of amides is 1. The van der Waals surface area contributed by atoms with Crippen molar-refractivity contribution >= 4 is 16.9 Å². The van der Waals surface area contributed by atoms with E-state index in [0.29, 0.717) is 13.2 Å². The molecule has 0 aliphatic heterocycles. The SMILES string of the molecule is Cc1cccc(OCCCCn2c(CCNC(=O)C3CC3)nc3ccccc32)c1C. The molecule has 1 amide bonds. The van der Waals surface area contributed by atoms with Crippen LogP contribution >= 0.6 is 0 Å². The second-order valence-corrected chi connectivity index (χ2v) is 8.24. The maximum Gasteiger partial charge on any atom is 0.223 e. The Balaban J connectivity index is 1.32. The molecule has 1 aliphatic rings. The van der Waals surface area contributed by atoms with Crippen LogP contribution in [0.3, 0.4) is 0 Å². The van der Waals surface area contributed by atoms with Gasteiger partial charge < -0.3 is 14.6 Å². The molecule has 1 saturated carbocycles. The van der Waals surface area contributed by atoms with E-state index in [-0.39, 0.29) is 11.8 Å². The van der Waals surface area contributed by atoms with Crippen molar-refractivity contribution in [2.45, 2.75) is 52.5 Å². The standard InChI is InChI=1S/C25H31N3O2/c1-18-8-7-11-23(19(18)2)30-17-6-5-16-28-22-10-4-3-9-21(22)27-24(28)14-15-26-25(29)20-12-13-20/h3-4,7-11,20H,5-6,12-17H2,1-2H3,(H,26,29). The van der Waals surface area contributed by atoms with Crippen LogP contribution in [0.1, 0.15) is 42.6 Å². The lowest BCUT2D eigenvalue weighted by Crippen LogP contribution is -2.27. The van der Waals surface area contributed by atoms with Gasteiger partial charge in [-0.3, -0.25) is 4.79 Å². The van der Waals surface area contributed by atoms with Crippen molar-refractivity contribution < 1.29 is 9.53 Å². The van der Waals surface area contributed by atoms with Gasteiger partial charge >= 0.3 is 0 Å². The summed E-state index contributed by atoms with van der Waals surface area (Å²) in [5.74, 6) is 2.47.